The molecule has 1 N–H and O–H groups in total. The predicted molar refractivity (Wildman–Crippen MR) is 83.7 cm³/mol. The van der Waals surface area contributed by atoms with Crippen molar-refractivity contribution in [3.05, 3.63) is 60.2 Å². The molecule has 21 heavy (non-hydrogen) atoms. The fourth-order valence-electron chi connectivity index (χ4n) is 2.57. The van der Waals surface area contributed by atoms with Crippen LogP contribution in [0.15, 0.2) is 54.6 Å². The maximum atomic E-state index is 12.2. The van der Waals surface area contributed by atoms with Crippen molar-refractivity contribution in [3.8, 4) is 5.75 Å². The lowest BCUT2D eigenvalue weighted by atomic mass is 10.0. The highest BCUT2D eigenvalue weighted by Crippen LogP contribution is 2.28. The lowest BCUT2D eigenvalue weighted by Crippen LogP contribution is -2.37. The first kappa shape index (κ1) is 13.7. The molecule has 0 fully saturated rings. The van der Waals surface area contributed by atoms with Gasteiger partial charge in [-0.05, 0) is 30.5 Å². The molecule has 1 heterocycles. The number of hydrogen-bond donors (Lipinski definition) is 1. The zero-order chi connectivity index (χ0) is 14.5. The van der Waals surface area contributed by atoms with Crippen LogP contribution in [0.1, 0.15) is 18.4 Å². The van der Waals surface area contributed by atoms with Crippen LogP contribution in [-0.2, 0) is 11.2 Å². The number of carbonyl (C=O) groups is 1. The molecule has 0 saturated carbocycles. The molecular formula is C18H19NO2. The largest absolute Gasteiger partial charge is 0.479 e. The van der Waals surface area contributed by atoms with Crippen molar-refractivity contribution in [2.75, 3.05) is 11.9 Å². The van der Waals surface area contributed by atoms with Crippen LogP contribution in [0.4, 0.5) is 5.69 Å². The lowest BCUT2D eigenvalue weighted by molar-refractivity contribution is -0.125. The van der Waals surface area contributed by atoms with Gasteiger partial charge < -0.3 is 10.1 Å². The molecule has 1 unspecified atom stereocenters. The van der Waals surface area contributed by atoms with Crippen LogP contribution in [-0.4, -0.2) is 18.4 Å². The highest BCUT2D eigenvalue weighted by Gasteiger charge is 2.24. The van der Waals surface area contributed by atoms with Gasteiger partial charge in [0.1, 0.15) is 5.75 Å². The highest BCUT2D eigenvalue weighted by atomic mass is 16.5. The van der Waals surface area contributed by atoms with Gasteiger partial charge in [-0.25, -0.2) is 0 Å². The van der Waals surface area contributed by atoms with Crippen molar-refractivity contribution in [2.24, 2.45) is 0 Å². The molecule has 0 spiro atoms. The molecule has 0 saturated heterocycles. The van der Waals surface area contributed by atoms with Crippen molar-refractivity contribution in [3.63, 3.8) is 0 Å². The van der Waals surface area contributed by atoms with Gasteiger partial charge in [0.2, 0.25) is 0 Å². The number of hydrogen-bond acceptors (Lipinski definition) is 3. The Balaban J connectivity index is 1.50. The summed E-state index contributed by atoms with van der Waals surface area (Å²) in [7, 11) is 0. The van der Waals surface area contributed by atoms with Crippen molar-refractivity contribution in [1.29, 1.82) is 0 Å². The average molecular weight is 281 g/mol. The SMILES string of the molecule is O=C(CCCc1ccccc1)C1CNc2ccccc2O1. The molecule has 1 aliphatic heterocycles. The molecular weight excluding hydrogens is 262 g/mol. The quantitative estimate of drug-likeness (QED) is 0.912. The van der Waals surface area contributed by atoms with Gasteiger partial charge in [-0.3, -0.25) is 4.79 Å². The second kappa shape index (κ2) is 6.44. The Labute approximate surface area is 124 Å². The molecule has 3 nitrogen and oxygen atoms in total. The first-order valence-corrected chi connectivity index (χ1v) is 7.39. The van der Waals surface area contributed by atoms with Crippen LogP contribution in [0, 0.1) is 0 Å². The normalized spacial score (nSPS) is 16.5. The number of carbonyl (C=O) groups excluding carboxylic acids is 1. The van der Waals surface area contributed by atoms with E-state index in [1.54, 1.807) is 0 Å². The maximum Gasteiger partial charge on any atom is 0.175 e. The van der Waals surface area contributed by atoms with Crippen LogP contribution in [0.5, 0.6) is 5.75 Å². The van der Waals surface area contributed by atoms with Gasteiger partial charge in [0.25, 0.3) is 0 Å². The van der Waals surface area contributed by atoms with E-state index in [1.165, 1.54) is 5.56 Å². The number of rotatable bonds is 5. The molecule has 1 aliphatic rings. The van der Waals surface area contributed by atoms with E-state index >= 15 is 0 Å². The van der Waals surface area contributed by atoms with E-state index in [-0.39, 0.29) is 11.9 Å². The van der Waals surface area contributed by atoms with E-state index < -0.39 is 0 Å². The van der Waals surface area contributed by atoms with E-state index in [0.717, 1.165) is 24.3 Å². The second-order valence-corrected chi connectivity index (χ2v) is 5.29. The Bertz CT molecular complexity index is 610. The Morgan fingerprint density at radius 3 is 2.71 bits per heavy atom. The molecule has 2 aromatic rings. The molecule has 108 valence electrons. The molecule has 0 bridgehead atoms. The van der Waals surface area contributed by atoms with Gasteiger partial charge in [0, 0.05) is 6.42 Å². The maximum absolute atomic E-state index is 12.2. The van der Waals surface area contributed by atoms with Gasteiger partial charge in [0.05, 0.1) is 12.2 Å². The zero-order valence-electron chi connectivity index (χ0n) is 11.9. The first-order valence-electron chi connectivity index (χ1n) is 7.39. The summed E-state index contributed by atoms with van der Waals surface area (Å²) < 4.78 is 5.78. The van der Waals surface area contributed by atoms with Gasteiger partial charge in [-0.2, -0.15) is 0 Å². The van der Waals surface area contributed by atoms with E-state index in [4.69, 9.17) is 4.74 Å². The van der Waals surface area contributed by atoms with E-state index in [9.17, 15) is 4.79 Å². The highest BCUT2D eigenvalue weighted by molar-refractivity contribution is 5.85. The summed E-state index contributed by atoms with van der Waals surface area (Å²) in [6.45, 7) is 0.557. The molecule has 0 aromatic heterocycles. The van der Waals surface area contributed by atoms with Crippen LogP contribution in [0.25, 0.3) is 0 Å². The number of anilines is 1. The minimum absolute atomic E-state index is 0.174. The number of benzene rings is 2. The minimum atomic E-state index is -0.365. The van der Waals surface area contributed by atoms with Gasteiger partial charge in [0.15, 0.2) is 11.9 Å². The summed E-state index contributed by atoms with van der Waals surface area (Å²) in [5, 5.41) is 3.26. The Morgan fingerprint density at radius 2 is 1.86 bits per heavy atom. The first-order chi connectivity index (χ1) is 10.3. The molecule has 1 atom stereocenters. The Kier molecular flexibility index (Phi) is 4.20. The summed E-state index contributed by atoms with van der Waals surface area (Å²) in [6.07, 6.45) is 1.99. The number of fused-ring (bicyclic) bond motifs is 1. The van der Waals surface area contributed by atoms with Crippen LogP contribution < -0.4 is 10.1 Å². The third kappa shape index (κ3) is 3.43. The average Bonchev–Trinajstić information content (AvgIpc) is 2.55. The van der Waals surface area contributed by atoms with Crippen molar-refractivity contribution >= 4 is 11.5 Å². The van der Waals surface area contributed by atoms with Crippen molar-refractivity contribution < 1.29 is 9.53 Å². The van der Waals surface area contributed by atoms with Crippen LogP contribution >= 0.6 is 0 Å². The number of para-hydroxylation sites is 2. The number of aryl methyl sites for hydroxylation is 1. The summed E-state index contributed by atoms with van der Waals surface area (Å²) in [6, 6.07) is 18.0. The Morgan fingerprint density at radius 1 is 1.10 bits per heavy atom. The van der Waals surface area contributed by atoms with E-state index in [0.29, 0.717) is 13.0 Å². The van der Waals surface area contributed by atoms with E-state index in [2.05, 4.69) is 17.4 Å². The molecule has 2 aromatic carbocycles. The monoisotopic (exact) mass is 281 g/mol. The van der Waals surface area contributed by atoms with Crippen LogP contribution in [0.3, 0.4) is 0 Å². The topological polar surface area (TPSA) is 38.3 Å². The summed E-state index contributed by atoms with van der Waals surface area (Å²) in [4.78, 5) is 12.2. The standard InChI is InChI=1S/C18H19NO2/c20-16(11-6-9-14-7-2-1-3-8-14)18-13-19-15-10-4-5-12-17(15)21-18/h1-5,7-8,10,12,18-19H,6,9,11,13H2. The van der Waals surface area contributed by atoms with Gasteiger partial charge >= 0.3 is 0 Å². The van der Waals surface area contributed by atoms with Crippen LogP contribution in [0.2, 0.25) is 0 Å². The fraction of sp³-hybridized carbons (Fsp3) is 0.278. The zero-order valence-corrected chi connectivity index (χ0v) is 11.9. The minimum Gasteiger partial charge on any atom is -0.479 e. The predicted octanol–water partition coefficient (Wildman–Crippen LogP) is 3.45. The van der Waals surface area contributed by atoms with Gasteiger partial charge in [-0.1, -0.05) is 42.5 Å². The molecule has 0 radical (unpaired) electrons. The number of nitrogens with one attached hydrogen (secondary N) is 1. The third-order valence-electron chi connectivity index (χ3n) is 3.72. The molecule has 3 heteroatoms. The third-order valence-corrected chi connectivity index (χ3v) is 3.72. The smallest absolute Gasteiger partial charge is 0.175 e. The molecule has 0 amide bonds. The second-order valence-electron chi connectivity index (χ2n) is 5.29. The molecule has 3 rings (SSSR count). The summed E-state index contributed by atoms with van der Waals surface area (Å²) in [5.41, 5.74) is 2.24. The molecule has 0 aliphatic carbocycles. The van der Waals surface area contributed by atoms with Crippen molar-refractivity contribution in [2.45, 2.75) is 25.4 Å². The van der Waals surface area contributed by atoms with Crippen molar-refractivity contribution in [1.82, 2.24) is 0 Å². The summed E-state index contributed by atoms with van der Waals surface area (Å²) >= 11 is 0. The number of ether oxygens (including phenoxy) is 1. The van der Waals surface area contributed by atoms with Gasteiger partial charge in [-0.15, -0.1) is 0 Å². The lowest BCUT2D eigenvalue weighted by Gasteiger charge is -2.26. The van der Waals surface area contributed by atoms with E-state index in [1.807, 2.05) is 42.5 Å². The number of Topliss-reactive ketones (excluding diaryl/α,β-unsaturated/α-hetero) is 1. The summed E-state index contributed by atoms with van der Waals surface area (Å²) in [5.74, 6) is 0.943. The number of ketones is 1. The Hall–Kier alpha value is -2.29. The fourth-order valence-corrected chi connectivity index (χ4v) is 2.57.